The van der Waals surface area contributed by atoms with E-state index in [1.165, 1.54) is 0 Å². The van der Waals surface area contributed by atoms with Crippen LogP contribution >= 0.6 is 0 Å². The van der Waals surface area contributed by atoms with Crippen molar-refractivity contribution in [1.82, 2.24) is 4.90 Å². The average Bonchev–Trinajstić information content (AvgIpc) is 3.51. The van der Waals surface area contributed by atoms with Crippen molar-refractivity contribution in [1.29, 1.82) is 0 Å². The molecule has 0 saturated heterocycles. The van der Waals surface area contributed by atoms with E-state index in [0.29, 0.717) is 31.0 Å². The average molecular weight is 394 g/mol. The number of rotatable bonds is 8. The molecule has 1 heterocycles. The Hall–Kier alpha value is -3.02. The lowest BCUT2D eigenvalue weighted by Gasteiger charge is -2.25. The molecule has 2 aromatic rings. The van der Waals surface area contributed by atoms with Crippen LogP contribution in [0.3, 0.4) is 0 Å². The van der Waals surface area contributed by atoms with Gasteiger partial charge < -0.3 is 19.2 Å². The van der Waals surface area contributed by atoms with E-state index in [-0.39, 0.29) is 17.9 Å². The van der Waals surface area contributed by atoms with Crippen molar-refractivity contribution in [2.24, 2.45) is 11.1 Å². The largest absolute Gasteiger partial charge is 0.493 e. The smallest absolute Gasteiger partial charge is 0.226 e. The molecule has 4 rings (SSSR count). The molecule has 2 aliphatic rings. The summed E-state index contributed by atoms with van der Waals surface area (Å²) in [7, 11) is 3.23. The van der Waals surface area contributed by atoms with Gasteiger partial charge in [-0.25, -0.2) is 0 Å². The third-order valence-electron chi connectivity index (χ3n) is 5.33. The summed E-state index contributed by atoms with van der Waals surface area (Å²) >= 11 is 0. The lowest BCUT2D eigenvalue weighted by Crippen LogP contribution is -2.38. The molecule has 1 atom stereocenters. The summed E-state index contributed by atoms with van der Waals surface area (Å²) in [6.45, 7) is 1.13. The third kappa shape index (κ3) is 4.53. The SMILES string of the molecule is COc1ccc(C2=NO[C@H](CN(Cc3ccccc3)C(=O)C3CC3)C2)cc1OC. The fourth-order valence-corrected chi connectivity index (χ4v) is 3.58. The van der Waals surface area contributed by atoms with Gasteiger partial charge in [0.2, 0.25) is 5.91 Å². The molecule has 6 heteroatoms. The highest BCUT2D eigenvalue weighted by molar-refractivity contribution is 6.01. The minimum atomic E-state index is -0.149. The Kier molecular flexibility index (Phi) is 5.69. The van der Waals surface area contributed by atoms with Crippen LogP contribution in [0, 0.1) is 5.92 Å². The van der Waals surface area contributed by atoms with E-state index < -0.39 is 0 Å². The van der Waals surface area contributed by atoms with Crippen molar-refractivity contribution < 1.29 is 19.1 Å². The van der Waals surface area contributed by atoms with E-state index in [4.69, 9.17) is 14.3 Å². The molecule has 152 valence electrons. The molecule has 0 unspecified atom stereocenters. The quantitative estimate of drug-likeness (QED) is 0.686. The first-order valence-corrected chi connectivity index (χ1v) is 9.95. The highest BCUT2D eigenvalue weighted by Gasteiger charge is 2.35. The number of ether oxygens (including phenoxy) is 2. The van der Waals surface area contributed by atoms with Crippen molar-refractivity contribution in [3.63, 3.8) is 0 Å². The standard InChI is InChI=1S/C23H26N2O4/c1-27-21-11-10-18(12-22(21)28-2)20-13-19(29-24-20)15-25(23(26)17-8-9-17)14-16-6-4-3-5-7-16/h3-7,10-12,17,19H,8-9,13-15H2,1-2H3/t19-/m0/s1. The molecule has 0 spiro atoms. The van der Waals surface area contributed by atoms with Crippen LogP contribution in [-0.2, 0) is 16.2 Å². The summed E-state index contributed by atoms with van der Waals surface area (Å²) in [6.07, 6.45) is 2.48. The normalized spacial score (nSPS) is 18.0. The first kappa shape index (κ1) is 19.3. The summed E-state index contributed by atoms with van der Waals surface area (Å²) in [5.41, 5.74) is 2.92. The van der Waals surface area contributed by atoms with Crippen LogP contribution in [0.25, 0.3) is 0 Å². The van der Waals surface area contributed by atoms with Gasteiger partial charge in [0.05, 0.1) is 26.5 Å². The molecule has 6 nitrogen and oxygen atoms in total. The van der Waals surface area contributed by atoms with Gasteiger partial charge in [-0.2, -0.15) is 0 Å². The first-order valence-electron chi connectivity index (χ1n) is 9.95. The molecule has 0 aromatic heterocycles. The van der Waals surface area contributed by atoms with Gasteiger partial charge >= 0.3 is 0 Å². The zero-order valence-corrected chi connectivity index (χ0v) is 16.8. The molecule has 1 saturated carbocycles. The van der Waals surface area contributed by atoms with Gasteiger partial charge in [0, 0.05) is 24.4 Å². The van der Waals surface area contributed by atoms with E-state index in [1.54, 1.807) is 14.2 Å². The molecule has 29 heavy (non-hydrogen) atoms. The summed E-state index contributed by atoms with van der Waals surface area (Å²) in [5.74, 6) is 1.73. The number of hydrogen-bond acceptors (Lipinski definition) is 5. The maximum atomic E-state index is 12.8. The number of amides is 1. The molecule has 2 aromatic carbocycles. The zero-order chi connectivity index (χ0) is 20.2. The molecule has 1 fully saturated rings. The van der Waals surface area contributed by atoms with Gasteiger partial charge in [0.25, 0.3) is 0 Å². The highest BCUT2D eigenvalue weighted by atomic mass is 16.6. The molecule has 0 N–H and O–H groups in total. The predicted octanol–water partition coefficient (Wildman–Crippen LogP) is 3.64. The van der Waals surface area contributed by atoms with Crippen molar-refractivity contribution in [2.75, 3.05) is 20.8 Å². The monoisotopic (exact) mass is 394 g/mol. The minimum absolute atomic E-state index is 0.149. The summed E-state index contributed by atoms with van der Waals surface area (Å²) in [6, 6.07) is 15.8. The Morgan fingerprint density at radius 1 is 1.10 bits per heavy atom. The van der Waals surface area contributed by atoms with Gasteiger partial charge in [-0.3, -0.25) is 4.79 Å². The van der Waals surface area contributed by atoms with Crippen molar-refractivity contribution >= 4 is 11.6 Å². The Morgan fingerprint density at radius 2 is 1.86 bits per heavy atom. The molecule has 1 aliphatic carbocycles. The van der Waals surface area contributed by atoms with Gasteiger partial charge in [-0.1, -0.05) is 35.5 Å². The molecule has 1 amide bonds. The van der Waals surface area contributed by atoms with Crippen LogP contribution in [0.2, 0.25) is 0 Å². The van der Waals surface area contributed by atoms with Gasteiger partial charge in [0.15, 0.2) is 17.6 Å². The number of oxime groups is 1. The van der Waals surface area contributed by atoms with Gasteiger partial charge in [-0.05, 0) is 36.6 Å². The Morgan fingerprint density at radius 3 is 2.55 bits per heavy atom. The van der Waals surface area contributed by atoms with Gasteiger partial charge in [-0.15, -0.1) is 0 Å². The van der Waals surface area contributed by atoms with Crippen molar-refractivity contribution in [3.8, 4) is 11.5 Å². The molecular weight excluding hydrogens is 368 g/mol. The fraction of sp³-hybridized carbons (Fsp3) is 0.391. The van der Waals surface area contributed by atoms with Crippen LogP contribution in [0.4, 0.5) is 0 Å². The third-order valence-corrected chi connectivity index (χ3v) is 5.33. The number of carbonyl (C=O) groups is 1. The molecule has 0 bridgehead atoms. The Labute approximate surface area is 171 Å². The summed E-state index contributed by atoms with van der Waals surface area (Å²) < 4.78 is 10.7. The van der Waals surface area contributed by atoms with E-state index >= 15 is 0 Å². The maximum Gasteiger partial charge on any atom is 0.226 e. The second-order valence-corrected chi connectivity index (χ2v) is 7.52. The molecule has 1 aliphatic heterocycles. The first-order chi connectivity index (χ1) is 14.2. The van der Waals surface area contributed by atoms with E-state index in [2.05, 4.69) is 5.16 Å². The lowest BCUT2D eigenvalue weighted by molar-refractivity contribution is -0.135. The predicted molar refractivity (Wildman–Crippen MR) is 110 cm³/mol. The Balaban J connectivity index is 1.43. The number of carbonyl (C=O) groups excluding carboxylic acids is 1. The number of benzene rings is 2. The minimum Gasteiger partial charge on any atom is -0.493 e. The lowest BCUT2D eigenvalue weighted by atomic mass is 10.0. The zero-order valence-electron chi connectivity index (χ0n) is 16.8. The van der Waals surface area contributed by atoms with Crippen molar-refractivity contribution in [2.45, 2.75) is 31.9 Å². The maximum absolute atomic E-state index is 12.8. The Bertz CT molecular complexity index is 893. The van der Waals surface area contributed by atoms with E-state index in [0.717, 1.165) is 29.7 Å². The van der Waals surface area contributed by atoms with Crippen LogP contribution in [-0.4, -0.2) is 43.4 Å². The van der Waals surface area contributed by atoms with E-state index in [1.807, 2.05) is 53.4 Å². The highest BCUT2D eigenvalue weighted by Crippen LogP contribution is 2.33. The van der Waals surface area contributed by atoms with Crippen LogP contribution in [0.1, 0.15) is 30.4 Å². The topological polar surface area (TPSA) is 60.4 Å². The van der Waals surface area contributed by atoms with Gasteiger partial charge in [0.1, 0.15) is 0 Å². The van der Waals surface area contributed by atoms with Crippen molar-refractivity contribution in [3.05, 3.63) is 59.7 Å². The number of hydrogen-bond donors (Lipinski definition) is 0. The summed E-state index contributed by atoms with van der Waals surface area (Å²) in [4.78, 5) is 20.4. The van der Waals surface area contributed by atoms with E-state index in [9.17, 15) is 4.79 Å². The van der Waals surface area contributed by atoms with Crippen LogP contribution in [0.15, 0.2) is 53.7 Å². The van der Waals surface area contributed by atoms with Crippen LogP contribution < -0.4 is 9.47 Å². The summed E-state index contributed by atoms with van der Waals surface area (Å²) in [5, 5.41) is 4.28. The van der Waals surface area contributed by atoms with Crippen LogP contribution in [0.5, 0.6) is 11.5 Å². The second-order valence-electron chi connectivity index (χ2n) is 7.52. The number of nitrogens with zero attached hydrogens (tertiary/aromatic N) is 2. The molecule has 0 radical (unpaired) electrons. The molecular formula is C23H26N2O4. The fourth-order valence-electron chi connectivity index (χ4n) is 3.58. The second kappa shape index (κ2) is 8.55. The number of methoxy groups -OCH3 is 2.